The SMILES string of the molecule is CCNC(=S)N1CCN([C@@H]2CCS(=O)(=O)C2)CC1. The van der Waals surface area contributed by atoms with Crippen LogP contribution in [0, 0.1) is 0 Å². The van der Waals surface area contributed by atoms with Gasteiger partial charge in [0, 0.05) is 38.8 Å². The number of nitrogens with zero attached hydrogens (tertiary/aromatic N) is 2. The third kappa shape index (κ3) is 3.33. The van der Waals surface area contributed by atoms with E-state index in [1.807, 2.05) is 6.92 Å². The van der Waals surface area contributed by atoms with Crippen molar-refractivity contribution in [2.45, 2.75) is 19.4 Å². The van der Waals surface area contributed by atoms with Crippen molar-refractivity contribution in [3.05, 3.63) is 0 Å². The first-order chi connectivity index (χ1) is 8.52. The molecule has 2 fully saturated rings. The molecule has 0 radical (unpaired) electrons. The summed E-state index contributed by atoms with van der Waals surface area (Å²) in [6.45, 7) is 6.48. The molecule has 0 spiro atoms. The van der Waals surface area contributed by atoms with Crippen molar-refractivity contribution < 1.29 is 8.42 Å². The van der Waals surface area contributed by atoms with Gasteiger partial charge in [-0.15, -0.1) is 0 Å². The quantitative estimate of drug-likeness (QED) is 0.704. The topological polar surface area (TPSA) is 52.6 Å². The Morgan fingerprint density at radius 3 is 2.50 bits per heavy atom. The second-order valence-electron chi connectivity index (χ2n) is 4.92. The van der Waals surface area contributed by atoms with Gasteiger partial charge in [-0.05, 0) is 25.6 Å². The minimum absolute atomic E-state index is 0.227. The van der Waals surface area contributed by atoms with Gasteiger partial charge in [-0.1, -0.05) is 0 Å². The van der Waals surface area contributed by atoms with Crippen LogP contribution in [0.15, 0.2) is 0 Å². The van der Waals surface area contributed by atoms with Crippen LogP contribution < -0.4 is 5.32 Å². The van der Waals surface area contributed by atoms with Gasteiger partial charge >= 0.3 is 0 Å². The predicted octanol–water partition coefficient (Wildman–Crippen LogP) is -0.314. The molecule has 0 bridgehead atoms. The summed E-state index contributed by atoms with van der Waals surface area (Å²) in [7, 11) is -2.78. The van der Waals surface area contributed by atoms with Crippen molar-refractivity contribution >= 4 is 27.2 Å². The molecule has 7 heteroatoms. The molecule has 0 aromatic carbocycles. The van der Waals surface area contributed by atoms with Gasteiger partial charge in [0.1, 0.15) is 0 Å². The van der Waals surface area contributed by atoms with E-state index in [9.17, 15) is 8.42 Å². The van der Waals surface area contributed by atoms with E-state index in [1.54, 1.807) is 0 Å². The van der Waals surface area contributed by atoms with Gasteiger partial charge in [0.25, 0.3) is 0 Å². The minimum atomic E-state index is -2.78. The Morgan fingerprint density at radius 1 is 1.33 bits per heavy atom. The van der Waals surface area contributed by atoms with Crippen molar-refractivity contribution in [3.8, 4) is 0 Å². The minimum Gasteiger partial charge on any atom is -0.363 e. The van der Waals surface area contributed by atoms with Crippen LogP contribution in [0.2, 0.25) is 0 Å². The van der Waals surface area contributed by atoms with Gasteiger partial charge < -0.3 is 10.2 Å². The Labute approximate surface area is 114 Å². The van der Waals surface area contributed by atoms with E-state index < -0.39 is 9.84 Å². The Kier molecular flexibility index (Phi) is 4.45. The highest BCUT2D eigenvalue weighted by atomic mass is 32.2. The van der Waals surface area contributed by atoms with Crippen LogP contribution in [0.3, 0.4) is 0 Å². The highest BCUT2D eigenvalue weighted by Crippen LogP contribution is 2.19. The second kappa shape index (κ2) is 5.71. The van der Waals surface area contributed by atoms with Crippen LogP contribution in [0.4, 0.5) is 0 Å². The molecular weight excluding hydrogens is 270 g/mol. The summed E-state index contributed by atoms with van der Waals surface area (Å²) in [4.78, 5) is 4.47. The van der Waals surface area contributed by atoms with E-state index in [-0.39, 0.29) is 6.04 Å². The molecule has 2 heterocycles. The van der Waals surface area contributed by atoms with Gasteiger partial charge in [0.15, 0.2) is 14.9 Å². The van der Waals surface area contributed by atoms with Gasteiger partial charge in [0.05, 0.1) is 11.5 Å². The van der Waals surface area contributed by atoms with Gasteiger partial charge in [-0.3, -0.25) is 4.90 Å². The maximum absolute atomic E-state index is 11.5. The lowest BCUT2D eigenvalue weighted by atomic mass is 10.2. The molecule has 0 amide bonds. The number of rotatable bonds is 2. The Hall–Kier alpha value is -0.400. The molecule has 2 aliphatic heterocycles. The summed E-state index contributed by atoms with van der Waals surface area (Å²) in [6, 6.07) is 0.227. The number of nitrogens with one attached hydrogen (secondary N) is 1. The van der Waals surface area contributed by atoms with Crippen LogP contribution in [-0.4, -0.2) is 73.6 Å². The largest absolute Gasteiger partial charge is 0.363 e. The fourth-order valence-electron chi connectivity index (χ4n) is 2.62. The third-order valence-electron chi connectivity index (χ3n) is 3.65. The van der Waals surface area contributed by atoms with E-state index in [4.69, 9.17) is 12.2 Å². The average molecular weight is 291 g/mol. The smallest absolute Gasteiger partial charge is 0.169 e. The maximum Gasteiger partial charge on any atom is 0.169 e. The lowest BCUT2D eigenvalue weighted by Gasteiger charge is -2.38. The molecule has 5 nitrogen and oxygen atoms in total. The van der Waals surface area contributed by atoms with Crippen molar-refractivity contribution in [1.82, 2.24) is 15.1 Å². The first kappa shape index (κ1) is 14.0. The highest BCUT2D eigenvalue weighted by molar-refractivity contribution is 7.91. The third-order valence-corrected chi connectivity index (χ3v) is 5.81. The summed E-state index contributed by atoms with van der Waals surface area (Å²) in [6.07, 6.45) is 0.792. The second-order valence-corrected chi connectivity index (χ2v) is 7.53. The molecule has 0 aromatic heterocycles. The average Bonchev–Trinajstić information content (AvgIpc) is 2.70. The zero-order valence-corrected chi connectivity index (χ0v) is 12.4. The van der Waals surface area contributed by atoms with E-state index >= 15 is 0 Å². The molecule has 0 aliphatic carbocycles. The normalized spacial score (nSPS) is 28.3. The van der Waals surface area contributed by atoms with Gasteiger partial charge in [-0.25, -0.2) is 8.42 Å². The van der Waals surface area contributed by atoms with Crippen molar-refractivity contribution in [1.29, 1.82) is 0 Å². The molecule has 2 saturated heterocycles. The van der Waals surface area contributed by atoms with Crippen molar-refractivity contribution in [2.24, 2.45) is 0 Å². The summed E-state index contributed by atoms with van der Waals surface area (Å²) in [5.74, 6) is 0.693. The van der Waals surface area contributed by atoms with Crippen LogP contribution in [-0.2, 0) is 9.84 Å². The summed E-state index contributed by atoms with van der Waals surface area (Å²) < 4.78 is 22.9. The van der Waals surface area contributed by atoms with E-state index in [2.05, 4.69) is 15.1 Å². The highest BCUT2D eigenvalue weighted by Gasteiger charge is 2.33. The molecule has 2 rings (SSSR count). The van der Waals surface area contributed by atoms with Crippen LogP contribution in [0.1, 0.15) is 13.3 Å². The van der Waals surface area contributed by atoms with Crippen LogP contribution in [0.5, 0.6) is 0 Å². The van der Waals surface area contributed by atoms with Crippen molar-refractivity contribution in [2.75, 3.05) is 44.2 Å². The zero-order chi connectivity index (χ0) is 13.2. The number of hydrogen-bond donors (Lipinski definition) is 1. The molecule has 0 unspecified atom stereocenters. The van der Waals surface area contributed by atoms with Gasteiger partial charge in [-0.2, -0.15) is 0 Å². The maximum atomic E-state index is 11.5. The molecular formula is C11H21N3O2S2. The number of thiocarbonyl (C=S) groups is 1. The number of hydrogen-bond acceptors (Lipinski definition) is 4. The molecule has 0 saturated carbocycles. The Balaban J connectivity index is 1.82. The number of sulfone groups is 1. The Morgan fingerprint density at radius 2 is 2.00 bits per heavy atom. The molecule has 1 atom stereocenters. The van der Waals surface area contributed by atoms with Gasteiger partial charge in [0.2, 0.25) is 0 Å². The van der Waals surface area contributed by atoms with E-state index in [0.29, 0.717) is 11.5 Å². The monoisotopic (exact) mass is 291 g/mol. The van der Waals surface area contributed by atoms with E-state index in [0.717, 1.165) is 44.3 Å². The molecule has 18 heavy (non-hydrogen) atoms. The zero-order valence-electron chi connectivity index (χ0n) is 10.8. The standard InChI is InChI=1S/C11H21N3O2S2/c1-2-12-11(17)14-6-4-13(5-7-14)10-3-8-18(15,16)9-10/h10H,2-9H2,1H3,(H,12,17)/t10-/m1/s1. The summed E-state index contributed by atoms with van der Waals surface area (Å²) in [5.41, 5.74) is 0. The van der Waals surface area contributed by atoms with E-state index in [1.165, 1.54) is 0 Å². The lowest BCUT2D eigenvalue weighted by molar-refractivity contribution is 0.142. The fourth-order valence-corrected chi connectivity index (χ4v) is 4.71. The summed E-state index contributed by atoms with van der Waals surface area (Å²) >= 11 is 5.28. The molecule has 2 aliphatic rings. The first-order valence-electron chi connectivity index (χ1n) is 6.49. The van der Waals surface area contributed by atoms with Crippen LogP contribution >= 0.6 is 12.2 Å². The Bertz CT molecular complexity index is 403. The first-order valence-corrected chi connectivity index (χ1v) is 8.72. The lowest BCUT2D eigenvalue weighted by Crippen LogP contribution is -2.54. The predicted molar refractivity (Wildman–Crippen MR) is 76.5 cm³/mol. The summed E-state index contributed by atoms with van der Waals surface area (Å²) in [5, 5.41) is 3.97. The molecule has 104 valence electrons. The molecule has 0 aromatic rings. The number of piperazine rings is 1. The van der Waals surface area contributed by atoms with Crippen molar-refractivity contribution in [3.63, 3.8) is 0 Å². The molecule has 1 N–H and O–H groups in total. The van der Waals surface area contributed by atoms with Crippen LogP contribution in [0.25, 0.3) is 0 Å². The fraction of sp³-hybridized carbons (Fsp3) is 0.909.